The molecular weight excluding hydrogens is 229 g/mol. The Morgan fingerprint density at radius 2 is 2.31 bits per heavy atom. The quantitative estimate of drug-likeness (QED) is 0.863. The van der Waals surface area contributed by atoms with Crippen molar-refractivity contribution in [1.29, 1.82) is 0 Å². The van der Waals surface area contributed by atoms with Crippen LogP contribution in [0.3, 0.4) is 0 Å². The van der Waals surface area contributed by atoms with Gasteiger partial charge in [-0.05, 0) is 31.5 Å². The summed E-state index contributed by atoms with van der Waals surface area (Å²) in [6.45, 7) is 3.61. The standard InChI is InChI=1S/C12H15ClFNO/c1-7-5-9(14)11(13)10(12(7)16-2)8-3-4-15-6-8/h5,8,15H,3-4,6H2,1-2H3. The number of nitrogens with one attached hydrogen (secondary N) is 1. The maximum absolute atomic E-state index is 13.6. The molecule has 16 heavy (non-hydrogen) atoms. The summed E-state index contributed by atoms with van der Waals surface area (Å²) in [5, 5.41) is 3.46. The molecule has 0 spiro atoms. The lowest BCUT2D eigenvalue weighted by molar-refractivity contribution is 0.401. The van der Waals surface area contributed by atoms with Crippen LogP contribution >= 0.6 is 11.6 Å². The van der Waals surface area contributed by atoms with Gasteiger partial charge in [0.05, 0.1) is 12.1 Å². The molecule has 2 nitrogen and oxygen atoms in total. The minimum Gasteiger partial charge on any atom is -0.496 e. The SMILES string of the molecule is COc1c(C)cc(F)c(Cl)c1C1CCNC1. The van der Waals surface area contributed by atoms with Crippen molar-refractivity contribution < 1.29 is 9.13 Å². The summed E-state index contributed by atoms with van der Waals surface area (Å²) in [5.74, 6) is 0.610. The summed E-state index contributed by atoms with van der Waals surface area (Å²) in [6.07, 6.45) is 0.971. The maximum Gasteiger partial charge on any atom is 0.142 e. The molecule has 1 fully saturated rings. The molecule has 1 aromatic carbocycles. The van der Waals surface area contributed by atoms with Gasteiger partial charge in [0.15, 0.2) is 0 Å². The number of halogens is 2. The first-order valence-electron chi connectivity index (χ1n) is 5.38. The molecule has 88 valence electrons. The molecule has 1 atom stereocenters. The Morgan fingerprint density at radius 3 is 2.88 bits per heavy atom. The van der Waals surface area contributed by atoms with Crippen molar-refractivity contribution in [2.75, 3.05) is 20.2 Å². The van der Waals surface area contributed by atoms with E-state index >= 15 is 0 Å². The van der Waals surface area contributed by atoms with Gasteiger partial charge >= 0.3 is 0 Å². The fraction of sp³-hybridized carbons (Fsp3) is 0.500. The molecule has 1 unspecified atom stereocenters. The Balaban J connectivity index is 2.54. The van der Waals surface area contributed by atoms with E-state index < -0.39 is 0 Å². The van der Waals surface area contributed by atoms with Crippen molar-refractivity contribution in [3.63, 3.8) is 0 Å². The van der Waals surface area contributed by atoms with E-state index in [1.807, 2.05) is 6.92 Å². The van der Waals surface area contributed by atoms with Crippen LogP contribution in [0, 0.1) is 12.7 Å². The Morgan fingerprint density at radius 1 is 1.56 bits per heavy atom. The molecule has 0 radical (unpaired) electrons. The number of rotatable bonds is 2. The second-order valence-electron chi connectivity index (χ2n) is 4.13. The number of benzene rings is 1. The molecule has 0 saturated carbocycles. The van der Waals surface area contributed by atoms with Gasteiger partial charge in [0.2, 0.25) is 0 Å². The van der Waals surface area contributed by atoms with Gasteiger partial charge in [-0.1, -0.05) is 11.6 Å². The monoisotopic (exact) mass is 243 g/mol. The Hall–Kier alpha value is -0.800. The van der Waals surface area contributed by atoms with E-state index in [4.69, 9.17) is 16.3 Å². The Kier molecular flexibility index (Phi) is 3.36. The number of hydrogen-bond donors (Lipinski definition) is 1. The van der Waals surface area contributed by atoms with E-state index in [2.05, 4.69) is 5.32 Å². The smallest absolute Gasteiger partial charge is 0.142 e. The molecule has 1 N–H and O–H groups in total. The summed E-state index contributed by atoms with van der Waals surface area (Å²) in [7, 11) is 1.60. The number of hydrogen-bond acceptors (Lipinski definition) is 2. The van der Waals surface area contributed by atoms with Crippen molar-refractivity contribution in [2.45, 2.75) is 19.3 Å². The lowest BCUT2D eigenvalue weighted by atomic mass is 9.95. The summed E-state index contributed by atoms with van der Waals surface area (Å²) < 4.78 is 18.9. The highest BCUT2D eigenvalue weighted by Gasteiger charge is 2.26. The third-order valence-corrected chi connectivity index (χ3v) is 3.45. The first kappa shape index (κ1) is 11.7. The van der Waals surface area contributed by atoms with Crippen molar-refractivity contribution in [1.82, 2.24) is 5.32 Å². The highest BCUT2D eigenvalue weighted by atomic mass is 35.5. The number of aryl methyl sites for hydroxylation is 1. The zero-order valence-electron chi connectivity index (χ0n) is 9.44. The van der Waals surface area contributed by atoms with Crippen LogP contribution in [0.25, 0.3) is 0 Å². The van der Waals surface area contributed by atoms with Crippen molar-refractivity contribution in [3.8, 4) is 5.75 Å². The largest absolute Gasteiger partial charge is 0.496 e. The summed E-state index contributed by atoms with van der Waals surface area (Å²) in [4.78, 5) is 0. The average Bonchev–Trinajstić information content (AvgIpc) is 2.76. The molecule has 1 aromatic rings. The highest BCUT2D eigenvalue weighted by Crippen LogP contribution is 2.39. The minimum absolute atomic E-state index is 0.205. The Labute approximate surface area is 99.7 Å². The normalized spacial score (nSPS) is 20.1. The maximum atomic E-state index is 13.6. The predicted molar refractivity (Wildman–Crippen MR) is 62.9 cm³/mol. The molecule has 4 heteroatoms. The van der Waals surface area contributed by atoms with Crippen LogP contribution in [0.2, 0.25) is 5.02 Å². The lowest BCUT2D eigenvalue weighted by Gasteiger charge is -2.18. The zero-order valence-corrected chi connectivity index (χ0v) is 10.2. The van der Waals surface area contributed by atoms with Crippen molar-refractivity contribution in [2.24, 2.45) is 0 Å². The fourth-order valence-corrected chi connectivity index (χ4v) is 2.59. The van der Waals surface area contributed by atoms with Gasteiger partial charge in [0.25, 0.3) is 0 Å². The van der Waals surface area contributed by atoms with E-state index in [1.165, 1.54) is 6.07 Å². The molecule has 1 aliphatic heterocycles. The minimum atomic E-state index is -0.359. The van der Waals surface area contributed by atoms with Crippen LogP contribution in [-0.2, 0) is 0 Å². The molecule has 1 saturated heterocycles. The van der Waals surface area contributed by atoms with Gasteiger partial charge in [0, 0.05) is 18.0 Å². The molecule has 0 bridgehead atoms. The molecule has 1 heterocycles. The number of methoxy groups -OCH3 is 1. The zero-order chi connectivity index (χ0) is 11.7. The molecule has 0 aliphatic carbocycles. The third-order valence-electron chi connectivity index (χ3n) is 3.06. The highest BCUT2D eigenvalue weighted by molar-refractivity contribution is 6.31. The van der Waals surface area contributed by atoms with Gasteiger partial charge < -0.3 is 10.1 Å². The van der Waals surface area contributed by atoms with E-state index in [1.54, 1.807) is 7.11 Å². The van der Waals surface area contributed by atoms with Gasteiger partial charge in [-0.3, -0.25) is 0 Å². The summed E-state index contributed by atoms with van der Waals surface area (Å²) in [5.41, 5.74) is 1.61. The van der Waals surface area contributed by atoms with E-state index in [9.17, 15) is 4.39 Å². The molecular formula is C12H15ClFNO. The molecule has 2 rings (SSSR count). The van der Waals surface area contributed by atoms with Crippen molar-refractivity contribution in [3.05, 3.63) is 28.0 Å². The van der Waals surface area contributed by atoms with E-state index in [0.29, 0.717) is 0 Å². The average molecular weight is 244 g/mol. The van der Waals surface area contributed by atoms with Gasteiger partial charge in [-0.15, -0.1) is 0 Å². The fourth-order valence-electron chi connectivity index (χ4n) is 2.30. The summed E-state index contributed by atoms with van der Waals surface area (Å²) in [6, 6.07) is 1.42. The van der Waals surface area contributed by atoms with Crippen LogP contribution in [0.5, 0.6) is 5.75 Å². The molecule has 1 aliphatic rings. The van der Waals surface area contributed by atoms with Gasteiger partial charge in [-0.25, -0.2) is 4.39 Å². The summed E-state index contributed by atoms with van der Waals surface area (Å²) >= 11 is 6.05. The van der Waals surface area contributed by atoms with Crippen LogP contribution in [0.4, 0.5) is 4.39 Å². The van der Waals surface area contributed by atoms with Crippen molar-refractivity contribution >= 4 is 11.6 Å². The van der Waals surface area contributed by atoms with Gasteiger partial charge in [-0.2, -0.15) is 0 Å². The first-order valence-corrected chi connectivity index (χ1v) is 5.76. The van der Waals surface area contributed by atoms with Crippen LogP contribution < -0.4 is 10.1 Å². The topological polar surface area (TPSA) is 21.3 Å². The first-order chi connectivity index (χ1) is 7.65. The van der Waals surface area contributed by atoms with Crippen LogP contribution in [0.15, 0.2) is 6.07 Å². The number of ether oxygens (including phenoxy) is 1. The van der Waals surface area contributed by atoms with Crippen LogP contribution in [0.1, 0.15) is 23.5 Å². The molecule has 0 aromatic heterocycles. The van der Waals surface area contributed by atoms with Crippen LogP contribution in [-0.4, -0.2) is 20.2 Å². The van der Waals surface area contributed by atoms with E-state index in [-0.39, 0.29) is 16.8 Å². The van der Waals surface area contributed by atoms with E-state index in [0.717, 1.165) is 36.4 Å². The lowest BCUT2D eigenvalue weighted by Crippen LogP contribution is -2.10. The predicted octanol–water partition coefficient (Wildman–Crippen LogP) is 2.87. The third kappa shape index (κ3) is 1.89. The van der Waals surface area contributed by atoms with Gasteiger partial charge in [0.1, 0.15) is 11.6 Å². The second kappa shape index (κ2) is 4.60. The molecule has 0 amide bonds. The second-order valence-corrected chi connectivity index (χ2v) is 4.50. The Bertz CT molecular complexity index is 402.